The van der Waals surface area contributed by atoms with Crippen molar-refractivity contribution in [3.8, 4) is 17.6 Å². The standard InChI is InChI=1S/C14H8BrNO2/c15-12-6-5-11(9-17)14(7-12)18-13-4-2-1-3-10(13)8-16/h1-7,9H. The second-order valence-electron chi connectivity index (χ2n) is 3.51. The lowest BCUT2D eigenvalue weighted by atomic mass is 10.2. The number of nitrogens with zero attached hydrogens (tertiary/aromatic N) is 1. The minimum absolute atomic E-state index is 0.419. The van der Waals surface area contributed by atoms with E-state index in [1.165, 1.54) is 0 Å². The van der Waals surface area contributed by atoms with E-state index in [2.05, 4.69) is 15.9 Å². The van der Waals surface area contributed by atoms with Crippen molar-refractivity contribution >= 4 is 22.2 Å². The number of carbonyl (C=O) groups excluding carboxylic acids is 1. The van der Waals surface area contributed by atoms with Crippen LogP contribution in [-0.2, 0) is 0 Å². The lowest BCUT2D eigenvalue weighted by Crippen LogP contribution is -1.92. The SMILES string of the molecule is N#Cc1ccccc1Oc1cc(Br)ccc1C=O. The van der Waals surface area contributed by atoms with Crippen LogP contribution in [0.3, 0.4) is 0 Å². The molecule has 0 saturated heterocycles. The summed E-state index contributed by atoms with van der Waals surface area (Å²) in [6.45, 7) is 0. The summed E-state index contributed by atoms with van der Waals surface area (Å²) >= 11 is 3.31. The van der Waals surface area contributed by atoms with Crippen molar-refractivity contribution in [3.05, 3.63) is 58.1 Å². The van der Waals surface area contributed by atoms with E-state index in [1.807, 2.05) is 6.07 Å². The van der Waals surface area contributed by atoms with Gasteiger partial charge in [0.2, 0.25) is 0 Å². The molecule has 0 spiro atoms. The average Bonchev–Trinajstić information content (AvgIpc) is 2.40. The van der Waals surface area contributed by atoms with Gasteiger partial charge in [-0.05, 0) is 30.3 Å². The maximum atomic E-state index is 10.9. The van der Waals surface area contributed by atoms with Crippen molar-refractivity contribution < 1.29 is 9.53 Å². The minimum atomic E-state index is 0.419. The maximum Gasteiger partial charge on any atom is 0.153 e. The molecule has 0 radical (unpaired) electrons. The monoisotopic (exact) mass is 301 g/mol. The van der Waals surface area contributed by atoms with Gasteiger partial charge < -0.3 is 4.74 Å². The van der Waals surface area contributed by atoms with Crippen LogP contribution in [0.5, 0.6) is 11.5 Å². The number of halogens is 1. The number of nitriles is 1. The highest BCUT2D eigenvalue weighted by molar-refractivity contribution is 9.10. The molecule has 0 amide bonds. The van der Waals surface area contributed by atoms with Gasteiger partial charge in [0.05, 0.1) is 11.1 Å². The summed E-state index contributed by atoms with van der Waals surface area (Å²) < 4.78 is 6.42. The van der Waals surface area contributed by atoms with Crippen molar-refractivity contribution in [3.63, 3.8) is 0 Å². The molecule has 0 aliphatic carbocycles. The number of ether oxygens (including phenoxy) is 1. The molecule has 0 aliphatic heterocycles. The zero-order valence-electron chi connectivity index (χ0n) is 9.26. The molecule has 0 bridgehead atoms. The number of para-hydroxylation sites is 1. The van der Waals surface area contributed by atoms with Gasteiger partial charge in [0, 0.05) is 4.47 Å². The Hall–Kier alpha value is -2.12. The number of hydrogen-bond acceptors (Lipinski definition) is 3. The zero-order chi connectivity index (χ0) is 13.0. The van der Waals surface area contributed by atoms with Crippen LogP contribution in [-0.4, -0.2) is 6.29 Å². The molecule has 0 N–H and O–H groups in total. The van der Waals surface area contributed by atoms with Gasteiger partial charge in [-0.25, -0.2) is 0 Å². The van der Waals surface area contributed by atoms with E-state index >= 15 is 0 Å². The number of benzene rings is 2. The van der Waals surface area contributed by atoms with Crippen LogP contribution in [0.1, 0.15) is 15.9 Å². The summed E-state index contributed by atoms with van der Waals surface area (Å²) in [6, 6.07) is 14.0. The van der Waals surface area contributed by atoms with Gasteiger partial charge in [-0.2, -0.15) is 5.26 Å². The molecule has 0 unspecified atom stereocenters. The first kappa shape index (κ1) is 12.3. The molecular weight excluding hydrogens is 294 g/mol. The third kappa shape index (κ3) is 2.58. The topological polar surface area (TPSA) is 50.1 Å². The van der Waals surface area contributed by atoms with Gasteiger partial charge in [-0.1, -0.05) is 28.1 Å². The predicted molar refractivity (Wildman–Crippen MR) is 70.8 cm³/mol. The molecule has 0 aromatic heterocycles. The fourth-order valence-electron chi connectivity index (χ4n) is 1.46. The molecule has 3 nitrogen and oxygen atoms in total. The highest BCUT2D eigenvalue weighted by atomic mass is 79.9. The normalized spacial score (nSPS) is 9.56. The zero-order valence-corrected chi connectivity index (χ0v) is 10.8. The summed E-state index contributed by atoms with van der Waals surface area (Å²) in [5.74, 6) is 0.850. The predicted octanol–water partition coefficient (Wildman–Crippen LogP) is 3.93. The van der Waals surface area contributed by atoms with E-state index in [4.69, 9.17) is 10.00 Å². The maximum absolute atomic E-state index is 10.9. The highest BCUT2D eigenvalue weighted by Gasteiger charge is 2.08. The summed E-state index contributed by atoms with van der Waals surface area (Å²) in [5.41, 5.74) is 0.861. The Kier molecular flexibility index (Phi) is 3.75. The molecule has 2 aromatic rings. The summed E-state index contributed by atoms with van der Waals surface area (Å²) in [7, 11) is 0. The quantitative estimate of drug-likeness (QED) is 0.807. The van der Waals surface area contributed by atoms with E-state index in [0.717, 1.165) is 10.8 Å². The van der Waals surface area contributed by atoms with E-state index in [-0.39, 0.29) is 0 Å². The molecular formula is C14H8BrNO2. The molecule has 2 rings (SSSR count). The second kappa shape index (κ2) is 5.48. The van der Waals surface area contributed by atoms with Crippen LogP contribution < -0.4 is 4.74 Å². The van der Waals surface area contributed by atoms with Crippen LogP contribution in [0.15, 0.2) is 46.9 Å². The van der Waals surface area contributed by atoms with Crippen molar-refractivity contribution in [1.29, 1.82) is 5.26 Å². The Morgan fingerprint density at radius 1 is 1.17 bits per heavy atom. The average molecular weight is 302 g/mol. The molecule has 88 valence electrons. The Balaban J connectivity index is 2.43. The Morgan fingerprint density at radius 2 is 1.94 bits per heavy atom. The van der Waals surface area contributed by atoms with Crippen LogP contribution >= 0.6 is 15.9 Å². The Morgan fingerprint density at radius 3 is 2.67 bits per heavy atom. The number of carbonyl (C=O) groups is 1. The third-order valence-electron chi connectivity index (χ3n) is 2.33. The molecule has 2 aromatic carbocycles. The number of hydrogen-bond donors (Lipinski definition) is 0. The van der Waals surface area contributed by atoms with Crippen molar-refractivity contribution in [2.45, 2.75) is 0 Å². The van der Waals surface area contributed by atoms with E-state index in [0.29, 0.717) is 22.6 Å². The highest BCUT2D eigenvalue weighted by Crippen LogP contribution is 2.29. The van der Waals surface area contributed by atoms with Gasteiger partial charge in [0.1, 0.15) is 17.6 Å². The first-order valence-electron chi connectivity index (χ1n) is 5.16. The number of aldehydes is 1. The molecule has 0 heterocycles. The van der Waals surface area contributed by atoms with Crippen LogP contribution in [0.25, 0.3) is 0 Å². The third-order valence-corrected chi connectivity index (χ3v) is 2.82. The molecule has 18 heavy (non-hydrogen) atoms. The van der Waals surface area contributed by atoms with Gasteiger partial charge in [-0.15, -0.1) is 0 Å². The first-order valence-corrected chi connectivity index (χ1v) is 5.95. The smallest absolute Gasteiger partial charge is 0.153 e. The minimum Gasteiger partial charge on any atom is -0.455 e. The summed E-state index contributed by atoms with van der Waals surface area (Å²) in [5, 5.41) is 8.97. The molecule has 0 aliphatic rings. The van der Waals surface area contributed by atoms with Crippen LogP contribution in [0.2, 0.25) is 0 Å². The van der Waals surface area contributed by atoms with Gasteiger partial charge >= 0.3 is 0 Å². The van der Waals surface area contributed by atoms with Gasteiger partial charge in [0.15, 0.2) is 6.29 Å². The van der Waals surface area contributed by atoms with Crippen molar-refractivity contribution in [2.75, 3.05) is 0 Å². The lowest BCUT2D eigenvalue weighted by molar-refractivity contribution is 0.112. The Bertz CT molecular complexity index is 632. The van der Waals surface area contributed by atoms with Gasteiger partial charge in [-0.3, -0.25) is 4.79 Å². The van der Waals surface area contributed by atoms with E-state index in [1.54, 1.807) is 42.5 Å². The van der Waals surface area contributed by atoms with Crippen LogP contribution in [0, 0.1) is 11.3 Å². The molecule has 0 saturated carbocycles. The fourth-order valence-corrected chi connectivity index (χ4v) is 1.80. The van der Waals surface area contributed by atoms with Crippen molar-refractivity contribution in [2.24, 2.45) is 0 Å². The Labute approximate surface area is 113 Å². The first-order chi connectivity index (χ1) is 8.74. The number of rotatable bonds is 3. The molecule has 4 heteroatoms. The van der Waals surface area contributed by atoms with Crippen LogP contribution in [0.4, 0.5) is 0 Å². The molecule has 0 atom stereocenters. The lowest BCUT2D eigenvalue weighted by Gasteiger charge is -2.09. The van der Waals surface area contributed by atoms with E-state index < -0.39 is 0 Å². The molecule has 0 fully saturated rings. The fraction of sp³-hybridized carbons (Fsp3) is 0. The van der Waals surface area contributed by atoms with Crippen molar-refractivity contribution in [1.82, 2.24) is 0 Å². The summed E-state index contributed by atoms with van der Waals surface area (Å²) in [6.07, 6.45) is 0.719. The summed E-state index contributed by atoms with van der Waals surface area (Å²) in [4.78, 5) is 10.9. The largest absolute Gasteiger partial charge is 0.455 e. The van der Waals surface area contributed by atoms with E-state index in [9.17, 15) is 4.79 Å². The van der Waals surface area contributed by atoms with Gasteiger partial charge in [0.25, 0.3) is 0 Å². The second-order valence-corrected chi connectivity index (χ2v) is 4.43.